The Morgan fingerprint density at radius 2 is 1.78 bits per heavy atom. The summed E-state index contributed by atoms with van der Waals surface area (Å²) < 4.78 is 13.4. The Morgan fingerprint density at radius 3 is 2.22 bits per heavy atom. The molecule has 0 spiro atoms. The molecule has 0 aliphatic carbocycles. The van der Waals surface area contributed by atoms with Crippen LogP contribution in [0.2, 0.25) is 0 Å². The zero-order chi connectivity index (χ0) is 13.9. The van der Waals surface area contributed by atoms with Gasteiger partial charge in [0.15, 0.2) is 0 Å². The van der Waals surface area contributed by atoms with Crippen LogP contribution in [0.1, 0.15) is 46.2 Å². The third-order valence-corrected chi connectivity index (χ3v) is 2.97. The Hall–Kier alpha value is -1.09. The van der Waals surface area contributed by atoms with Gasteiger partial charge in [-0.05, 0) is 50.5 Å². The molecule has 18 heavy (non-hydrogen) atoms. The minimum Gasteiger partial charge on any atom is -0.369 e. The monoisotopic (exact) mass is 252 g/mol. The van der Waals surface area contributed by atoms with Crippen molar-refractivity contribution in [3.05, 3.63) is 29.6 Å². The molecule has 0 amide bonds. The molecular formula is C15H25FN2. The van der Waals surface area contributed by atoms with Crippen LogP contribution in [0.15, 0.2) is 18.2 Å². The van der Waals surface area contributed by atoms with Crippen molar-refractivity contribution in [1.82, 2.24) is 0 Å². The van der Waals surface area contributed by atoms with E-state index in [9.17, 15) is 4.39 Å². The fraction of sp³-hybridized carbons (Fsp3) is 0.600. The van der Waals surface area contributed by atoms with Gasteiger partial charge in [0, 0.05) is 24.3 Å². The van der Waals surface area contributed by atoms with Gasteiger partial charge < -0.3 is 10.6 Å². The van der Waals surface area contributed by atoms with E-state index in [1.165, 1.54) is 6.07 Å². The molecule has 0 fully saturated rings. The van der Waals surface area contributed by atoms with Crippen LogP contribution in [0.4, 0.5) is 10.1 Å². The zero-order valence-electron chi connectivity index (χ0n) is 12.1. The zero-order valence-corrected chi connectivity index (χ0v) is 12.1. The van der Waals surface area contributed by atoms with E-state index >= 15 is 0 Å². The van der Waals surface area contributed by atoms with Gasteiger partial charge in [-0.25, -0.2) is 4.39 Å². The quantitative estimate of drug-likeness (QED) is 0.865. The smallest absolute Gasteiger partial charge is 0.123 e. The minimum absolute atomic E-state index is 0.163. The van der Waals surface area contributed by atoms with Gasteiger partial charge in [-0.15, -0.1) is 0 Å². The molecule has 0 saturated carbocycles. The molecule has 1 aromatic carbocycles. The van der Waals surface area contributed by atoms with E-state index in [2.05, 4.69) is 32.6 Å². The second kappa shape index (κ2) is 6.19. The summed E-state index contributed by atoms with van der Waals surface area (Å²) in [5.41, 5.74) is 7.89. The van der Waals surface area contributed by atoms with Gasteiger partial charge in [-0.2, -0.15) is 0 Å². The summed E-state index contributed by atoms with van der Waals surface area (Å²) in [4.78, 5) is 2.29. The van der Waals surface area contributed by atoms with Gasteiger partial charge >= 0.3 is 0 Å². The Labute approximate surface area is 110 Å². The highest BCUT2D eigenvalue weighted by Gasteiger charge is 2.18. The molecule has 0 radical (unpaired) electrons. The van der Waals surface area contributed by atoms with Crippen LogP contribution < -0.4 is 10.6 Å². The number of hydrogen-bond acceptors (Lipinski definition) is 2. The molecule has 0 bridgehead atoms. The van der Waals surface area contributed by atoms with Crippen LogP contribution in [0, 0.1) is 11.7 Å². The summed E-state index contributed by atoms with van der Waals surface area (Å²) >= 11 is 0. The normalized spacial score (nSPS) is 13.2. The van der Waals surface area contributed by atoms with Gasteiger partial charge in [-0.3, -0.25) is 0 Å². The molecule has 0 aromatic heterocycles. The van der Waals surface area contributed by atoms with E-state index in [1.807, 2.05) is 13.0 Å². The average Bonchev–Trinajstić information content (AvgIpc) is 2.25. The van der Waals surface area contributed by atoms with E-state index in [0.29, 0.717) is 12.0 Å². The van der Waals surface area contributed by atoms with Crippen LogP contribution >= 0.6 is 0 Å². The van der Waals surface area contributed by atoms with E-state index in [0.717, 1.165) is 17.8 Å². The van der Waals surface area contributed by atoms with E-state index in [-0.39, 0.29) is 11.9 Å². The molecule has 0 heterocycles. The largest absolute Gasteiger partial charge is 0.369 e. The lowest BCUT2D eigenvalue weighted by Gasteiger charge is -2.33. The fourth-order valence-corrected chi connectivity index (χ4v) is 2.13. The van der Waals surface area contributed by atoms with Crippen molar-refractivity contribution in [2.24, 2.45) is 11.7 Å². The van der Waals surface area contributed by atoms with Crippen molar-refractivity contribution in [3.63, 3.8) is 0 Å². The van der Waals surface area contributed by atoms with Crippen molar-refractivity contribution < 1.29 is 4.39 Å². The van der Waals surface area contributed by atoms with Crippen molar-refractivity contribution in [1.29, 1.82) is 0 Å². The molecule has 0 saturated heterocycles. The molecule has 1 atom stereocenters. The second-order valence-corrected chi connectivity index (χ2v) is 5.63. The van der Waals surface area contributed by atoms with Crippen LogP contribution in [0.5, 0.6) is 0 Å². The second-order valence-electron chi connectivity index (χ2n) is 5.63. The molecule has 0 aliphatic heterocycles. The Bertz CT molecular complexity index is 386. The maximum absolute atomic E-state index is 13.4. The lowest BCUT2D eigenvalue weighted by Crippen LogP contribution is -2.35. The summed E-state index contributed by atoms with van der Waals surface area (Å²) in [6.07, 6.45) is 0. The summed E-state index contributed by atoms with van der Waals surface area (Å²) in [6, 6.07) is 5.11. The van der Waals surface area contributed by atoms with E-state index in [4.69, 9.17) is 5.73 Å². The van der Waals surface area contributed by atoms with Crippen LogP contribution in [-0.4, -0.2) is 12.6 Å². The third kappa shape index (κ3) is 3.70. The molecule has 3 heteroatoms. The number of rotatable bonds is 5. The van der Waals surface area contributed by atoms with Gasteiger partial charge in [0.25, 0.3) is 0 Å². The number of nitrogens with zero attached hydrogens (tertiary/aromatic N) is 1. The first-order valence-corrected chi connectivity index (χ1v) is 6.64. The Kier molecular flexibility index (Phi) is 5.15. The lowest BCUT2D eigenvalue weighted by molar-refractivity contribution is 0.565. The molecule has 0 aliphatic rings. The van der Waals surface area contributed by atoms with Gasteiger partial charge in [0.05, 0.1) is 0 Å². The maximum atomic E-state index is 13.4. The SMILES string of the molecule is CC(C)CN(c1ccc(F)cc1[C@@H](C)N)C(C)C. The maximum Gasteiger partial charge on any atom is 0.123 e. The van der Waals surface area contributed by atoms with Crippen LogP contribution in [0.3, 0.4) is 0 Å². The molecule has 2 nitrogen and oxygen atoms in total. The predicted molar refractivity (Wildman–Crippen MR) is 76.3 cm³/mol. The number of benzene rings is 1. The lowest BCUT2D eigenvalue weighted by atomic mass is 10.0. The molecule has 0 unspecified atom stereocenters. The van der Waals surface area contributed by atoms with Gasteiger partial charge in [-0.1, -0.05) is 13.8 Å². The standard InChI is InChI=1S/C15H25FN2/c1-10(2)9-18(11(3)4)15-7-6-13(16)8-14(15)12(5)17/h6-8,10-12H,9,17H2,1-5H3/t12-/m1/s1. The molecular weight excluding hydrogens is 227 g/mol. The Morgan fingerprint density at radius 1 is 1.17 bits per heavy atom. The first-order chi connectivity index (χ1) is 8.32. The summed E-state index contributed by atoms with van der Waals surface area (Å²) in [6.45, 7) is 11.5. The fourth-order valence-electron chi connectivity index (χ4n) is 2.13. The first kappa shape index (κ1) is 15.0. The highest BCUT2D eigenvalue weighted by Crippen LogP contribution is 2.28. The third-order valence-electron chi connectivity index (χ3n) is 2.97. The first-order valence-electron chi connectivity index (χ1n) is 6.64. The number of nitrogens with two attached hydrogens (primary N) is 1. The van der Waals surface area contributed by atoms with Crippen molar-refractivity contribution in [2.45, 2.75) is 46.7 Å². The molecule has 2 N–H and O–H groups in total. The van der Waals surface area contributed by atoms with E-state index in [1.54, 1.807) is 6.07 Å². The minimum atomic E-state index is -0.223. The van der Waals surface area contributed by atoms with Crippen LogP contribution in [0.25, 0.3) is 0 Å². The number of anilines is 1. The van der Waals surface area contributed by atoms with Crippen LogP contribution in [-0.2, 0) is 0 Å². The Balaban J connectivity index is 3.18. The number of hydrogen-bond donors (Lipinski definition) is 1. The topological polar surface area (TPSA) is 29.3 Å². The summed E-state index contributed by atoms with van der Waals surface area (Å²) in [7, 11) is 0. The summed E-state index contributed by atoms with van der Waals surface area (Å²) in [5, 5.41) is 0. The molecule has 1 rings (SSSR count). The van der Waals surface area contributed by atoms with Gasteiger partial charge in [0.1, 0.15) is 5.82 Å². The molecule has 1 aromatic rings. The van der Waals surface area contributed by atoms with E-state index < -0.39 is 0 Å². The van der Waals surface area contributed by atoms with Crippen molar-refractivity contribution >= 4 is 5.69 Å². The predicted octanol–water partition coefficient (Wildman–Crippen LogP) is 3.72. The highest BCUT2D eigenvalue weighted by atomic mass is 19.1. The van der Waals surface area contributed by atoms with Gasteiger partial charge in [0.2, 0.25) is 0 Å². The highest BCUT2D eigenvalue weighted by molar-refractivity contribution is 5.55. The van der Waals surface area contributed by atoms with Crippen molar-refractivity contribution in [2.75, 3.05) is 11.4 Å². The average molecular weight is 252 g/mol. The molecule has 102 valence electrons. The number of halogens is 1. The van der Waals surface area contributed by atoms with Crippen molar-refractivity contribution in [3.8, 4) is 0 Å². The summed E-state index contributed by atoms with van der Waals surface area (Å²) in [5.74, 6) is 0.331.